The lowest BCUT2D eigenvalue weighted by Crippen LogP contribution is -2.26. The van der Waals surface area contributed by atoms with Crippen LogP contribution >= 0.6 is 0 Å². The van der Waals surface area contributed by atoms with Crippen LogP contribution in [0.25, 0.3) is 11.3 Å². The molecule has 4 rings (SSSR count). The summed E-state index contributed by atoms with van der Waals surface area (Å²) in [6.07, 6.45) is 5.38. The van der Waals surface area contributed by atoms with Crippen LogP contribution in [0.2, 0.25) is 0 Å². The second-order valence-electron chi connectivity index (χ2n) is 7.78. The van der Waals surface area contributed by atoms with Crippen molar-refractivity contribution in [2.24, 2.45) is 0 Å². The van der Waals surface area contributed by atoms with E-state index in [9.17, 15) is 0 Å². The zero-order valence-corrected chi connectivity index (χ0v) is 18.8. The average Bonchev–Trinajstić information content (AvgIpc) is 2.85. The number of hydrogen-bond acceptors (Lipinski definition) is 9. The number of nitrogens with two attached hydrogens (primary N) is 1. The molecule has 4 N–H and O–H groups in total. The van der Waals surface area contributed by atoms with Crippen LogP contribution in [-0.2, 0) is 16.0 Å². The van der Waals surface area contributed by atoms with Gasteiger partial charge in [0.15, 0.2) is 0 Å². The molecule has 0 aliphatic carbocycles. The van der Waals surface area contributed by atoms with Crippen molar-refractivity contribution in [1.82, 2.24) is 20.3 Å². The number of pyridine rings is 1. The second kappa shape index (κ2) is 11.6. The minimum absolute atomic E-state index is 0.142. The fraction of sp³-hybridized carbons (Fsp3) is 0.375. The molecule has 1 aliphatic heterocycles. The van der Waals surface area contributed by atoms with Crippen molar-refractivity contribution in [1.29, 1.82) is 0 Å². The average molecular weight is 451 g/mol. The first-order valence-electron chi connectivity index (χ1n) is 11.1. The molecule has 0 radical (unpaired) electrons. The molecular formula is C24H30N6O3. The van der Waals surface area contributed by atoms with Gasteiger partial charge in [-0.2, -0.15) is 0 Å². The Labute approximate surface area is 193 Å². The van der Waals surface area contributed by atoms with E-state index in [0.29, 0.717) is 30.5 Å². The van der Waals surface area contributed by atoms with Crippen LogP contribution in [0.15, 0.2) is 48.8 Å². The number of rotatable bonds is 10. The molecular weight excluding hydrogens is 420 g/mol. The summed E-state index contributed by atoms with van der Waals surface area (Å²) in [5.41, 5.74) is 10.3. The third-order valence-corrected chi connectivity index (χ3v) is 5.29. The summed E-state index contributed by atoms with van der Waals surface area (Å²) in [4.78, 5) is 13.4. The number of nitrogens with one attached hydrogen (secondary N) is 2. The molecule has 9 heteroatoms. The maximum atomic E-state index is 6.27. The van der Waals surface area contributed by atoms with E-state index >= 15 is 0 Å². The molecule has 0 amide bonds. The van der Waals surface area contributed by atoms with Gasteiger partial charge in [0.25, 0.3) is 0 Å². The van der Waals surface area contributed by atoms with Gasteiger partial charge in [0.05, 0.1) is 48.8 Å². The molecule has 0 saturated carbocycles. The van der Waals surface area contributed by atoms with Gasteiger partial charge in [0.2, 0.25) is 5.95 Å². The van der Waals surface area contributed by atoms with E-state index in [1.165, 1.54) is 0 Å². The standard InChI is InChI=1S/C24H30N6O3/c1-31-13-10-26-15-18-3-4-19(16-28-18)29-24-27-9-6-22(30-24)17-2-5-23(21(25)14-17)33-20-7-11-32-12-8-20/h2-6,9,14,16,20,26H,7-8,10-13,15,25H2,1H3,(H,27,29,30). The monoisotopic (exact) mass is 450 g/mol. The quantitative estimate of drug-likeness (QED) is 0.316. The summed E-state index contributed by atoms with van der Waals surface area (Å²) in [5.74, 6) is 1.18. The summed E-state index contributed by atoms with van der Waals surface area (Å²) in [6, 6.07) is 11.5. The molecule has 3 heterocycles. The summed E-state index contributed by atoms with van der Waals surface area (Å²) in [5, 5.41) is 6.48. The van der Waals surface area contributed by atoms with Gasteiger partial charge in [-0.15, -0.1) is 0 Å². The highest BCUT2D eigenvalue weighted by molar-refractivity contribution is 5.69. The van der Waals surface area contributed by atoms with Gasteiger partial charge in [-0.3, -0.25) is 4.98 Å². The molecule has 1 aromatic carbocycles. The van der Waals surface area contributed by atoms with Crippen LogP contribution in [0.1, 0.15) is 18.5 Å². The number of aromatic nitrogens is 3. The summed E-state index contributed by atoms with van der Waals surface area (Å²) in [6.45, 7) is 3.59. The highest BCUT2D eigenvalue weighted by Crippen LogP contribution is 2.30. The van der Waals surface area contributed by atoms with Gasteiger partial charge in [0, 0.05) is 44.8 Å². The number of methoxy groups -OCH3 is 1. The van der Waals surface area contributed by atoms with Crippen molar-refractivity contribution >= 4 is 17.3 Å². The van der Waals surface area contributed by atoms with Crippen LogP contribution in [0.3, 0.4) is 0 Å². The normalized spacial score (nSPS) is 14.2. The number of ether oxygens (including phenoxy) is 3. The molecule has 174 valence electrons. The van der Waals surface area contributed by atoms with Crippen LogP contribution < -0.4 is 21.1 Å². The predicted octanol–water partition coefficient (Wildman–Crippen LogP) is 3.16. The largest absolute Gasteiger partial charge is 0.488 e. The Morgan fingerprint density at radius 3 is 2.76 bits per heavy atom. The molecule has 1 aliphatic rings. The first-order valence-corrected chi connectivity index (χ1v) is 11.1. The van der Waals surface area contributed by atoms with E-state index in [2.05, 4.69) is 25.6 Å². The third-order valence-electron chi connectivity index (χ3n) is 5.29. The van der Waals surface area contributed by atoms with E-state index in [1.807, 2.05) is 36.4 Å². The van der Waals surface area contributed by atoms with Gasteiger partial charge in [-0.05, 0) is 36.4 Å². The molecule has 33 heavy (non-hydrogen) atoms. The first kappa shape index (κ1) is 22.9. The lowest BCUT2D eigenvalue weighted by atomic mass is 10.1. The van der Waals surface area contributed by atoms with Crippen molar-refractivity contribution in [2.45, 2.75) is 25.5 Å². The predicted molar refractivity (Wildman–Crippen MR) is 127 cm³/mol. The van der Waals surface area contributed by atoms with Crippen molar-refractivity contribution in [3.05, 3.63) is 54.5 Å². The van der Waals surface area contributed by atoms with Crippen LogP contribution in [-0.4, -0.2) is 54.5 Å². The van der Waals surface area contributed by atoms with Crippen molar-refractivity contribution in [3.63, 3.8) is 0 Å². The third kappa shape index (κ3) is 6.61. The second-order valence-corrected chi connectivity index (χ2v) is 7.78. The van der Waals surface area contributed by atoms with E-state index in [4.69, 9.17) is 19.9 Å². The van der Waals surface area contributed by atoms with Crippen LogP contribution in [0.5, 0.6) is 5.75 Å². The van der Waals surface area contributed by atoms with Crippen LogP contribution in [0.4, 0.5) is 17.3 Å². The maximum absolute atomic E-state index is 6.27. The summed E-state index contributed by atoms with van der Waals surface area (Å²) in [7, 11) is 1.68. The topological polar surface area (TPSA) is 116 Å². The molecule has 2 aromatic heterocycles. The van der Waals surface area contributed by atoms with Gasteiger partial charge in [-0.25, -0.2) is 9.97 Å². The maximum Gasteiger partial charge on any atom is 0.227 e. The minimum Gasteiger partial charge on any atom is -0.488 e. The summed E-state index contributed by atoms with van der Waals surface area (Å²) >= 11 is 0. The molecule has 0 bridgehead atoms. The fourth-order valence-corrected chi connectivity index (χ4v) is 3.49. The number of nitrogen functional groups attached to an aromatic ring is 1. The highest BCUT2D eigenvalue weighted by atomic mass is 16.5. The van der Waals surface area contributed by atoms with E-state index < -0.39 is 0 Å². The fourth-order valence-electron chi connectivity index (χ4n) is 3.49. The Balaban J connectivity index is 1.38. The minimum atomic E-state index is 0.142. The molecule has 1 saturated heterocycles. The van der Waals surface area contributed by atoms with Gasteiger partial charge in [-0.1, -0.05) is 0 Å². The van der Waals surface area contributed by atoms with Crippen molar-refractivity contribution in [2.75, 3.05) is 44.5 Å². The number of hydrogen-bond donors (Lipinski definition) is 3. The molecule has 3 aromatic rings. The molecule has 1 fully saturated rings. The molecule has 0 spiro atoms. The van der Waals surface area contributed by atoms with Gasteiger partial charge < -0.3 is 30.6 Å². The van der Waals surface area contributed by atoms with Crippen molar-refractivity contribution < 1.29 is 14.2 Å². The Morgan fingerprint density at radius 2 is 2.00 bits per heavy atom. The van der Waals surface area contributed by atoms with E-state index in [0.717, 1.165) is 55.2 Å². The Hall–Kier alpha value is -3.27. The Bertz CT molecular complexity index is 1020. The molecule has 0 unspecified atom stereocenters. The van der Waals surface area contributed by atoms with Crippen molar-refractivity contribution in [3.8, 4) is 17.0 Å². The zero-order chi connectivity index (χ0) is 22.9. The van der Waals surface area contributed by atoms with E-state index in [1.54, 1.807) is 19.5 Å². The highest BCUT2D eigenvalue weighted by Gasteiger charge is 2.17. The number of nitrogens with zero attached hydrogens (tertiary/aromatic N) is 3. The Kier molecular flexibility index (Phi) is 8.02. The molecule has 0 atom stereocenters. The lowest BCUT2D eigenvalue weighted by molar-refractivity contribution is 0.0259. The Morgan fingerprint density at radius 1 is 1.12 bits per heavy atom. The number of benzene rings is 1. The van der Waals surface area contributed by atoms with Gasteiger partial charge in [0.1, 0.15) is 11.9 Å². The lowest BCUT2D eigenvalue weighted by Gasteiger charge is -2.24. The smallest absolute Gasteiger partial charge is 0.227 e. The zero-order valence-electron chi connectivity index (χ0n) is 18.8. The van der Waals surface area contributed by atoms with E-state index in [-0.39, 0.29) is 6.10 Å². The SMILES string of the molecule is COCCNCc1ccc(Nc2nccc(-c3ccc(OC4CCOCC4)c(N)c3)n2)cn1. The van der Waals surface area contributed by atoms with Crippen LogP contribution in [0, 0.1) is 0 Å². The number of anilines is 3. The first-order chi connectivity index (χ1) is 16.2. The van der Waals surface area contributed by atoms with Gasteiger partial charge >= 0.3 is 0 Å². The summed E-state index contributed by atoms with van der Waals surface area (Å²) < 4.78 is 16.5. The molecule has 9 nitrogen and oxygen atoms in total.